The summed E-state index contributed by atoms with van der Waals surface area (Å²) in [5, 5.41) is 10.6. The minimum absolute atomic E-state index is 0.0494. The maximum absolute atomic E-state index is 12.3. The predicted octanol–water partition coefficient (Wildman–Crippen LogP) is 1.72. The van der Waals surface area contributed by atoms with Crippen molar-refractivity contribution >= 4 is 33.6 Å². The third kappa shape index (κ3) is 4.35. The van der Waals surface area contributed by atoms with Crippen LogP contribution in [0.4, 0.5) is 5.95 Å². The molecule has 0 unspecified atom stereocenters. The summed E-state index contributed by atoms with van der Waals surface area (Å²) in [6.07, 6.45) is 1.49. The van der Waals surface area contributed by atoms with Crippen molar-refractivity contribution in [1.29, 1.82) is 0 Å². The molecule has 4 atom stereocenters. The van der Waals surface area contributed by atoms with Gasteiger partial charge >= 0.3 is 10.8 Å². The van der Waals surface area contributed by atoms with Crippen molar-refractivity contribution in [1.82, 2.24) is 14.5 Å². The van der Waals surface area contributed by atoms with E-state index in [9.17, 15) is 14.7 Å². The van der Waals surface area contributed by atoms with Crippen LogP contribution in [0, 0.1) is 5.92 Å². The molecule has 0 bridgehead atoms. The second-order valence-corrected chi connectivity index (χ2v) is 7.22. The van der Waals surface area contributed by atoms with Gasteiger partial charge in [0.25, 0.3) is 0 Å². The topological polar surface area (TPSA) is 120 Å². The molecule has 2 aromatic heterocycles. The summed E-state index contributed by atoms with van der Waals surface area (Å²) in [5.41, 5.74) is 6.04. The van der Waals surface area contributed by atoms with Gasteiger partial charge in [0, 0.05) is 6.92 Å². The first-order valence-corrected chi connectivity index (χ1v) is 9.05. The lowest BCUT2D eigenvalue weighted by Gasteiger charge is -2.27. The van der Waals surface area contributed by atoms with Gasteiger partial charge in [0.1, 0.15) is 6.10 Å². The normalized spacial score (nSPS) is 16.4. The van der Waals surface area contributed by atoms with E-state index >= 15 is 0 Å². The molecule has 0 aliphatic rings. The highest BCUT2D eigenvalue weighted by Crippen LogP contribution is 2.25. The maximum atomic E-state index is 12.3. The van der Waals surface area contributed by atoms with Crippen molar-refractivity contribution in [3.63, 3.8) is 0 Å². The molecule has 0 fully saturated rings. The molecule has 0 spiro atoms. The molecule has 2 rings (SSSR count). The first kappa shape index (κ1) is 19.3. The molecule has 138 valence electrons. The molecule has 25 heavy (non-hydrogen) atoms. The van der Waals surface area contributed by atoms with Crippen molar-refractivity contribution in [3.05, 3.63) is 15.9 Å². The van der Waals surface area contributed by atoms with Crippen LogP contribution in [0.3, 0.4) is 0 Å². The molecule has 0 saturated heterocycles. The number of aliphatic hydroxyl groups excluding tert-OH is 1. The zero-order valence-electron chi connectivity index (χ0n) is 14.8. The van der Waals surface area contributed by atoms with Crippen molar-refractivity contribution in [2.24, 2.45) is 5.92 Å². The van der Waals surface area contributed by atoms with Crippen LogP contribution in [0.15, 0.2) is 11.0 Å². The van der Waals surface area contributed by atoms with E-state index in [0.29, 0.717) is 23.2 Å². The van der Waals surface area contributed by atoms with Gasteiger partial charge in [0.15, 0.2) is 5.65 Å². The monoisotopic (exact) mass is 368 g/mol. The predicted molar refractivity (Wildman–Crippen MR) is 96.4 cm³/mol. The Bertz CT molecular complexity index is 803. The van der Waals surface area contributed by atoms with Gasteiger partial charge in [0.2, 0.25) is 5.95 Å². The zero-order chi connectivity index (χ0) is 18.7. The van der Waals surface area contributed by atoms with Crippen molar-refractivity contribution < 1.29 is 14.6 Å². The largest absolute Gasteiger partial charge is 0.462 e. The minimum Gasteiger partial charge on any atom is -0.462 e. The molecule has 0 aromatic carbocycles. The minimum atomic E-state index is -0.800. The van der Waals surface area contributed by atoms with E-state index in [-0.39, 0.29) is 28.8 Å². The van der Waals surface area contributed by atoms with Gasteiger partial charge in [0.05, 0.1) is 23.0 Å². The van der Waals surface area contributed by atoms with Gasteiger partial charge in [-0.3, -0.25) is 14.2 Å². The Morgan fingerprint density at radius 3 is 2.76 bits per heavy atom. The third-order valence-electron chi connectivity index (χ3n) is 4.31. The Balaban J connectivity index is 2.21. The number of rotatable bonds is 7. The van der Waals surface area contributed by atoms with Crippen LogP contribution in [0.1, 0.15) is 46.6 Å². The quantitative estimate of drug-likeness (QED) is 0.714. The molecule has 2 heterocycles. The van der Waals surface area contributed by atoms with Crippen molar-refractivity contribution in [2.45, 2.75) is 58.8 Å². The SMILES string of the molecule is CC[C@H](OC(C)=O)[C@@H](C)C[C@@H](O)[C@@H](C)n1c(=O)sc2cnc(N)nc21. The second kappa shape index (κ2) is 7.92. The smallest absolute Gasteiger partial charge is 0.309 e. The molecule has 2 aromatic rings. The highest BCUT2D eigenvalue weighted by Gasteiger charge is 2.27. The number of nitrogen functional groups attached to an aromatic ring is 1. The molecule has 0 amide bonds. The Morgan fingerprint density at radius 1 is 1.48 bits per heavy atom. The number of carbonyl (C=O) groups excluding carboxylic acids is 1. The van der Waals surface area contributed by atoms with Gasteiger partial charge < -0.3 is 15.6 Å². The number of nitrogens with zero attached hydrogens (tertiary/aromatic N) is 3. The number of hydrogen-bond acceptors (Lipinski definition) is 8. The molecule has 9 heteroatoms. The highest BCUT2D eigenvalue weighted by molar-refractivity contribution is 7.16. The zero-order valence-corrected chi connectivity index (χ0v) is 15.6. The van der Waals surface area contributed by atoms with Crippen molar-refractivity contribution in [3.8, 4) is 0 Å². The number of carbonyl (C=O) groups is 1. The fourth-order valence-corrected chi connectivity index (χ4v) is 3.81. The van der Waals surface area contributed by atoms with Gasteiger partial charge in [-0.15, -0.1) is 0 Å². The second-order valence-electron chi connectivity index (χ2n) is 6.23. The first-order valence-electron chi connectivity index (χ1n) is 8.23. The average Bonchev–Trinajstić information content (AvgIpc) is 2.86. The summed E-state index contributed by atoms with van der Waals surface area (Å²) in [4.78, 5) is 31.3. The number of nitrogens with two attached hydrogens (primary N) is 1. The van der Waals surface area contributed by atoms with E-state index in [2.05, 4.69) is 9.97 Å². The van der Waals surface area contributed by atoms with Crippen LogP contribution in [0.25, 0.3) is 10.3 Å². The van der Waals surface area contributed by atoms with Gasteiger partial charge in [-0.05, 0) is 25.7 Å². The number of hydrogen-bond donors (Lipinski definition) is 2. The van der Waals surface area contributed by atoms with Crippen LogP contribution in [0.5, 0.6) is 0 Å². The van der Waals surface area contributed by atoms with Crippen LogP contribution in [-0.2, 0) is 9.53 Å². The number of ether oxygens (including phenoxy) is 1. The number of aliphatic hydroxyl groups is 1. The fourth-order valence-electron chi connectivity index (χ4n) is 2.93. The summed E-state index contributed by atoms with van der Waals surface area (Å²) in [6, 6.07) is -0.493. The molecular weight excluding hydrogens is 344 g/mol. The van der Waals surface area contributed by atoms with Crippen LogP contribution >= 0.6 is 11.3 Å². The lowest BCUT2D eigenvalue weighted by molar-refractivity contribution is -0.149. The number of esters is 1. The van der Waals surface area contributed by atoms with E-state index in [1.807, 2.05) is 13.8 Å². The van der Waals surface area contributed by atoms with E-state index in [4.69, 9.17) is 10.5 Å². The summed E-state index contributed by atoms with van der Waals surface area (Å²) >= 11 is 1.02. The molecule has 3 N–H and O–H groups in total. The van der Waals surface area contributed by atoms with E-state index in [0.717, 1.165) is 11.3 Å². The van der Waals surface area contributed by atoms with Crippen LogP contribution in [0.2, 0.25) is 0 Å². The summed E-state index contributed by atoms with van der Waals surface area (Å²) in [5.74, 6) is -0.310. The lowest BCUT2D eigenvalue weighted by Crippen LogP contribution is -2.32. The van der Waals surface area contributed by atoms with E-state index < -0.39 is 12.1 Å². The standard InChI is InChI=1S/C16H24N4O4S/c1-5-12(24-10(4)21)8(2)6-11(22)9(3)20-14-13(25-16(20)23)7-18-15(17)19-14/h7-9,11-12,22H,5-6H2,1-4H3,(H2,17,18,19)/t8-,9+,11+,12-/m0/s1. The molecule has 0 aliphatic carbocycles. The van der Waals surface area contributed by atoms with Gasteiger partial charge in [-0.1, -0.05) is 25.2 Å². The summed E-state index contributed by atoms with van der Waals surface area (Å²) < 4.78 is 7.36. The summed E-state index contributed by atoms with van der Waals surface area (Å²) in [7, 11) is 0. The van der Waals surface area contributed by atoms with Gasteiger partial charge in [-0.2, -0.15) is 4.98 Å². The van der Waals surface area contributed by atoms with E-state index in [1.54, 1.807) is 6.92 Å². The first-order chi connectivity index (χ1) is 11.7. The summed E-state index contributed by atoms with van der Waals surface area (Å²) in [6.45, 7) is 6.98. The number of aromatic nitrogens is 3. The Morgan fingerprint density at radius 2 is 2.16 bits per heavy atom. The van der Waals surface area contributed by atoms with E-state index in [1.165, 1.54) is 17.7 Å². The molecule has 0 aliphatic heterocycles. The maximum Gasteiger partial charge on any atom is 0.309 e. The molecule has 0 radical (unpaired) electrons. The van der Waals surface area contributed by atoms with Crippen molar-refractivity contribution in [2.75, 3.05) is 5.73 Å². The fraction of sp³-hybridized carbons (Fsp3) is 0.625. The molecule has 0 saturated carbocycles. The highest BCUT2D eigenvalue weighted by atomic mass is 32.1. The third-order valence-corrected chi connectivity index (χ3v) is 5.19. The molecular formula is C16H24N4O4S. The Kier molecular flexibility index (Phi) is 6.12. The number of anilines is 1. The Labute approximate surface area is 149 Å². The number of fused-ring (bicyclic) bond motifs is 1. The average molecular weight is 368 g/mol. The van der Waals surface area contributed by atoms with Crippen LogP contribution < -0.4 is 10.6 Å². The van der Waals surface area contributed by atoms with Crippen LogP contribution in [-0.4, -0.2) is 37.8 Å². The van der Waals surface area contributed by atoms with Gasteiger partial charge in [-0.25, -0.2) is 4.98 Å². The molecule has 8 nitrogen and oxygen atoms in total. The number of thiazole rings is 1. The Hall–Kier alpha value is -2.00. The lowest BCUT2D eigenvalue weighted by atomic mass is 9.93.